The van der Waals surface area contributed by atoms with E-state index in [1.54, 1.807) is 31.3 Å². The lowest BCUT2D eigenvalue weighted by atomic mass is 9.59. The first-order valence-electron chi connectivity index (χ1n) is 23.6. The quantitative estimate of drug-likeness (QED) is 0.0558. The maximum atomic E-state index is 15.5. The number of benzene rings is 3. The third-order valence-corrected chi connectivity index (χ3v) is 16.7. The molecule has 4 fully saturated rings. The van der Waals surface area contributed by atoms with Crippen LogP contribution in [0.3, 0.4) is 0 Å². The lowest BCUT2D eigenvalue weighted by Gasteiger charge is -2.56. The zero-order valence-electron chi connectivity index (χ0n) is 38.1. The van der Waals surface area contributed by atoms with Crippen molar-refractivity contribution in [2.24, 2.45) is 11.3 Å². The number of nitro groups is 1. The van der Waals surface area contributed by atoms with Crippen molar-refractivity contribution >= 4 is 44.0 Å². The summed E-state index contributed by atoms with van der Waals surface area (Å²) < 4.78 is 57.5. The van der Waals surface area contributed by atoms with Crippen LogP contribution in [0.1, 0.15) is 118 Å². The molecule has 2 saturated heterocycles. The van der Waals surface area contributed by atoms with Gasteiger partial charge in [0.1, 0.15) is 18.0 Å². The molecule has 0 unspecified atom stereocenters. The van der Waals surface area contributed by atoms with E-state index in [9.17, 15) is 28.4 Å². The van der Waals surface area contributed by atoms with Crippen LogP contribution in [0.2, 0.25) is 0 Å². The van der Waals surface area contributed by atoms with E-state index >= 15 is 4.39 Å². The minimum atomic E-state index is -4.74. The Morgan fingerprint density at radius 1 is 1.01 bits per heavy atom. The number of piperidine rings is 1. The number of aromatic amines is 1. The van der Waals surface area contributed by atoms with Gasteiger partial charge >= 0.3 is 0 Å². The highest BCUT2D eigenvalue weighted by Crippen LogP contribution is 2.54. The number of carbonyl (C=O) groups excluding carboxylic acids is 1. The molecule has 15 nitrogen and oxygen atoms in total. The monoisotopic (exact) mass is 935 g/mol. The summed E-state index contributed by atoms with van der Waals surface area (Å²) in [6, 6.07) is 19.6. The van der Waals surface area contributed by atoms with E-state index in [4.69, 9.17) is 9.47 Å². The van der Waals surface area contributed by atoms with Gasteiger partial charge in [-0.25, -0.2) is 13.1 Å². The number of likely N-dealkylation sites (tertiary alicyclic amines) is 1. The largest absolute Gasteiger partial charge is 0.489 e. The lowest BCUT2D eigenvalue weighted by Crippen LogP contribution is -2.54. The molecule has 5 aliphatic rings. The molecule has 2 saturated carbocycles. The van der Waals surface area contributed by atoms with Gasteiger partial charge in [-0.15, -0.1) is 0 Å². The van der Waals surface area contributed by atoms with E-state index in [2.05, 4.69) is 67.9 Å². The molecule has 10 rings (SSSR count). The normalized spacial score (nSPS) is 24.2. The Kier molecular flexibility index (Phi) is 11.7. The van der Waals surface area contributed by atoms with Crippen molar-refractivity contribution in [1.29, 1.82) is 0 Å². The third kappa shape index (κ3) is 8.81. The highest BCUT2D eigenvalue weighted by atomic mass is 32.2. The van der Waals surface area contributed by atoms with Crippen LogP contribution in [-0.4, -0.2) is 83.1 Å². The maximum absolute atomic E-state index is 15.5. The number of aromatic nitrogens is 2. The molecule has 5 aromatic rings. The van der Waals surface area contributed by atoms with Gasteiger partial charge in [0.05, 0.1) is 27.0 Å². The number of fused-ring (bicyclic) bond motifs is 2. The zero-order chi connectivity index (χ0) is 46.8. The minimum Gasteiger partial charge on any atom is -0.489 e. The van der Waals surface area contributed by atoms with E-state index in [1.807, 2.05) is 0 Å². The second kappa shape index (κ2) is 17.4. The number of nitrogens with zero attached hydrogens (tertiary/aromatic N) is 4. The molecule has 2 aromatic heterocycles. The van der Waals surface area contributed by atoms with Crippen molar-refractivity contribution in [3.05, 3.63) is 106 Å². The van der Waals surface area contributed by atoms with Crippen LogP contribution in [0.4, 0.5) is 21.5 Å². The first-order valence-corrected chi connectivity index (χ1v) is 25.1. The fourth-order valence-corrected chi connectivity index (χ4v) is 12.5. The number of anilines is 2. The van der Waals surface area contributed by atoms with Crippen LogP contribution in [0.15, 0.2) is 77.8 Å². The molecule has 1 amide bonds. The first kappa shape index (κ1) is 45.0. The molecule has 2 aliphatic carbocycles. The van der Waals surface area contributed by atoms with Crippen LogP contribution < -0.4 is 24.4 Å². The van der Waals surface area contributed by atoms with Crippen molar-refractivity contribution < 1.29 is 37.1 Å². The van der Waals surface area contributed by atoms with E-state index in [1.165, 1.54) is 36.1 Å². The number of hydrogen-bond donors (Lipinski definition) is 4. The molecule has 17 heteroatoms. The summed E-state index contributed by atoms with van der Waals surface area (Å²) in [5.41, 5.74) is 2.75. The second-order valence-electron chi connectivity index (χ2n) is 20.1. The Labute approximate surface area is 389 Å². The van der Waals surface area contributed by atoms with Crippen molar-refractivity contribution in [3.8, 4) is 17.2 Å². The highest BCUT2D eigenvalue weighted by molar-refractivity contribution is 7.90. The summed E-state index contributed by atoms with van der Waals surface area (Å²) >= 11 is 0. The van der Waals surface area contributed by atoms with Gasteiger partial charge in [-0.05, 0) is 130 Å². The fourth-order valence-electron chi connectivity index (χ4n) is 11.5. The maximum Gasteiger partial charge on any atom is 0.297 e. The number of rotatable bonds is 11. The van der Waals surface area contributed by atoms with Gasteiger partial charge in [0.2, 0.25) is 0 Å². The van der Waals surface area contributed by atoms with Crippen LogP contribution in [0.25, 0.3) is 11.0 Å². The highest BCUT2D eigenvalue weighted by Gasteiger charge is 2.50. The molecule has 354 valence electrons. The molecule has 2 atom stereocenters. The van der Waals surface area contributed by atoms with Gasteiger partial charge in [-0.2, -0.15) is 9.37 Å². The number of halogens is 1. The SMILES string of the molecule is CC(C)c1ccccc1[C@@H]1CCCN1C1CC2(CCN(c3ccc(C(=O)NS(=O)(=O)c4cc5c(c([N+](=O)[O-])c4)N[C@@H](C4CCC(C)(O)CC4)CO5)c(Oc4cc5cc[nH]c5nc4F)c3)CC2)C1. The predicted molar refractivity (Wildman–Crippen MR) is 252 cm³/mol. The molecular formula is C50H58FN7O8S. The standard InChI is InChI=1S/C50H58FN7O8S/c1-30(2)36-7-4-5-8-37(36)40-9-6-20-57(40)34-27-50(28-34)17-21-56(22-18-50)33-10-11-38(42(24-33)66-44-23-32-14-19-52-47(32)54-46(44)51)48(59)55-67(63,64)35-25-41(58(61)62)45-43(26-35)65-29-39(53-45)31-12-15-49(3,60)16-13-31/h4-5,7-8,10-11,14,19,23-26,30-31,34,39-40,53,60H,6,9,12-13,15-18,20-22,27-29H2,1-3H3,(H,52,54)(H,55,59)/t31?,39-,40+,49?/m1/s1. The number of nitro benzene ring substituents is 1. The van der Waals surface area contributed by atoms with E-state index in [-0.39, 0.29) is 52.5 Å². The average molecular weight is 936 g/mol. The fraction of sp³-hybridized carbons (Fsp3) is 0.480. The number of aliphatic hydroxyl groups is 1. The van der Waals surface area contributed by atoms with Crippen molar-refractivity contribution in [2.75, 3.05) is 36.5 Å². The zero-order valence-corrected chi connectivity index (χ0v) is 38.9. The number of carbonyl (C=O) groups is 1. The van der Waals surface area contributed by atoms with Crippen molar-refractivity contribution in [1.82, 2.24) is 19.6 Å². The Hall–Kier alpha value is -5.78. The van der Waals surface area contributed by atoms with E-state index < -0.39 is 43.0 Å². The smallest absolute Gasteiger partial charge is 0.297 e. The molecule has 5 heterocycles. The van der Waals surface area contributed by atoms with Crippen LogP contribution in [-0.2, 0) is 10.0 Å². The van der Waals surface area contributed by atoms with Crippen molar-refractivity contribution in [3.63, 3.8) is 0 Å². The molecule has 0 bridgehead atoms. The Morgan fingerprint density at radius 2 is 1.78 bits per heavy atom. The number of hydrogen-bond acceptors (Lipinski definition) is 12. The van der Waals surface area contributed by atoms with Crippen LogP contribution in [0, 0.1) is 27.4 Å². The molecule has 3 aromatic carbocycles. The van der Waals surface area contributed by atoms with E-state index in [0.717, 1.165) is 63.1 Å². The average Bonchev–Trinajstić information content (AvgIpc) is 3.97. The topological polar surface area (TPSA) is 192 Å². The Balaban J connectivity index is 0.866. The number of nitrogens with one attached hydrogen (secondary N) is 3. The van der Waals surface area contributed by atoms with Crippen molar-refractivity contribution in [2.45, 2.75) is 120 Å². The van der Waals surface area contributed by atoms with Gasteiger partial charge in [-0.3, -0.25) is 19.8 Å². The Bertz CT molecular complexity index is 2830. The number of pyridine rings is 1. The molecule has 67 heavy (non-hydrogen) atoms. The molecular weight excluding hydrogens is 878 g/mol. The number of amides is 1. The van der Waals surface area contributed by atoms with Gasteiger partial charge in [0, 0.05) is 60.6 Å². The summed E-state index contributed by atoms with van der Waals surface area (Å²) in [6.07, 6.45) is 10.8. The summed E-state index contributed by atoms with van der Waals surface area (Å²) in [7, 11) is -4.74. The number of sulfonamides is 1. The van der Waals surface area contributed by atoms with Gasteiger partial charge < -0.3 is 29.8 Å². The summed E-state index contributed by atoms with van der Waals surface area (Å²) in [4.78, 5) is 37.1. The number of H-pyrrole nitrogens is 1. The third-order valence-electron chi connectivity index (χ3n) is 15.4. The lowest BCUT2D eigenvalue weighted by molar-refractivity contribution is -0.384. The predicted octanol–water partition coefficient (Wildman–Crippen LogP) is 9.34. The first-order chi connectivity index (χ1) is 32.1. The molecule has 4 N–H and O–H groups in total. The summed E-state index contributed by atoms with van der Waals surface area (Å²) in [6.45, 7) is 9.10. The summed E-state index contributed by atoms with van der Waals surface area (Å²) in [5.74, 6) is -1.85. The Morgan fingerprint density at radius 3 is 2.52 bits per heavy atom. The summed E-state index contributed by atoms with van der Waals surface area (Å²) in [5, 5.41) is 26.6. The molecule has 0 radical (unpaired) electrons. The number of ether oxygens (including phenoxy) is 2. The molecule has 1 spiro atoms. The van der Waals surface area contributed by atoms with Gasteiger partial charge in [0.25, 0.3) is 27.6 Å². The van der Waals surface area contributed by atoms with Crippen LogP contribution in [0.5, 0.6) is 17.2 Å². The van der Waals surface area contributed by atoms with Gasteiger partial charge in [0.15, 0.2) is 17.2 Å². The van der Waals surface area contributed by atoms with Crippen LogP contribution >= 0.6 is 0 Å². The van der Waals surface area contributed by atoms with Gasteiger partial charge in [-0.1, -0.05) is 38.1 Å². The second-order valence-corrected chi connectivity index (χ2v) is 21.8. The molecule has 3 aliphatic heterocycles. The minimum absolute atomic E-state index is 0.0361. The van der Waals surface area contributed by atoms with E-state index in [0.29, 0.717) is 54.7 Å².